The first-order valence-electron chi connectivity index (χ1n) is 17.2. The maximum atomic E-state index is 14.9. The fraction of sp³-hybridized carbons (Fsp3) is 0.611. The van der Waals surface area contributed by atoms with Crippen molar-refractivity contribution in [3.05, 3.63) is 41.1 Å². The molecule has 0 radical (unpaired) electrons. The van der Waals surface area contributed by atoms with E-state index in [-0.39, 0.29) is 30.5 Å². The number of rotatable bonds is 12. The first-order valence-corrected chi connectivity index (χ1v) is 20.9. The molecule has 0 spiro atoms. The number of nitrogens with zero attached hydrogens (tertiary/aromatic N) is 4. The average Bonchev–Trinajstić information content (AvgIpc) is 3.77. The number of carbonyl (C=O) groups excluding carboxylic acids is 1. The predicted octanol–water partition coefficient (Wildman–Crippen LogP) is 7.77. The fourth-order valence-electron chi connectivity index (χ4n) is 6.64. The molecular weight excluding hydrogens is 630 g/mol. The largest absolute Gasteiger partial charge is 0.492 e. The zero-order valence-electron chi connectivity index (χ0n) is 29.8. The summed E-state index contributed by atoms with van der Waals surface area (Å²) in [5, 5.41) is 13.1. The summed E-state index contributed by atoms with van der Waals surface area (Å²) < 4.78 is 29.2. The van der Waals surface area contributed by atoms with Crippen LogP contribution < -0.4 is 10.1 Å². The van der Waals surface area contributed by atoms with Gasteiger partial charge in [0.2, 0.25) is 0 Å². The van der Waals surface area contributed by atoms with Crippen LogP contribution in [0.2, 0.25) is 25.7 Å². The Labute approximate surface area is 284 Å². The van der Waals surface area contributed by atoms with Gasteiger partial charge in [-0.05, 0) is 96.7 Å². The molecule has 0 aliphatic heterocycles. The first kappa shape index (κ1) is 35.8. The van der Waals surface area contributed by atoms with Crippen molar-refractivity contribution in [1.82, 2.24) is 24.8 Å². The topological polar surface area (TPSA) is 119 Å². The zero-order valence-corrected chi connectivity index (χ0v) is 30.8. The van der Waals surface area contributed by atoms with Crippen molar-refractivity contribution in [3.8, 4) is 17.0 Å². The highest BCUT2D eigenvalue weighted by Gasteiger charge is 2.36. The maximum Gasteiger partial charge on any atom is 0.407 e. The molecule has 0 atom stereocenters. The number of carboxylic acid groups (broad SMARTS) is 1. The number of ether oxygens (including phenoxy) is 2. The lowest BCUT2D eigenvalue weighted by molar-refractivity contribution is 0.0519. The second-order valence-corrected chi connectivity index (χ2v) is 21.4. The van der Waals surface area contributed by atoms with Gasteiger partial charge in [0.1, 0.15) is 35.8 Å². The van der Waals surface area contributed by atoms with Gasteiger partial charge in [0.05, 0.1) is 17.7 Å². The number of aromatic nitrogens is 3. The highest BCUT2D eigenvalue weighted by molar-refractivity contribution is 6.76. The third kappa shape index (κ3) is 8.19. The summed E-state index contributed by atoms with van der Waals surface area (Å²) in [4.78, 5) is 37.0. The van der Waals surface area contributed by atoms with Crippen molar-refractivity contribution < 1.29 is 28.6 Å². The van der Waals surface area contributed by atoms with E-state index in [2.05, 4.69) is 29.9 Å². The van der Waals surface area contributed by atoms with Crippen LogP contribution in [-0.2, 0) is 11.5 Å². The third-order valence-corrected chi connectivity index (χ3v) is 11.3. The van der Waals surface area contributed by atoms with Crippen LogP contribution in [0.4, 0.5) is 9.18 Å². The predicted molar refractivity (Wildman–Crippen MR) is 188 cm³/mol. The summed E-state index contributed by atoms with van der Waals surface area (Å²) in [6.45, 7) is 17.6. The van der Waals surface area contributed by atoms with E-state index in [9.17, 15) is 19.1 Å². The van der Waals surface area contributed by atoms with Gasteiger partial charge in [0.25, 0.3) is 5.91 Å². The van der Waals surface area contributed by atoms with Crippen molar-refractivity contribution in [2.75, 3.05) is 13.2 Å². The van der Waals surface area contributed by atoms with Gasteiger partial charge in [-0.15, -0.1) is 0 Å². The standard InChI is InChI=1S/C36H52FN5O5Si/c1-22-17-27(29(18-28(22)37)47-19-24-9-10-24)31-33-32(39-20-38-31)30(23(2)41(33)21-46-15-16-48(6,7)8)34(43)40-25-11-13-26(14-12-25)42(35(44)45)36(3,4)5/h17-18,20,24-26H,9-16,19,21H2,1-8H3,(H,40,43)(H,44,45)/t25-,26-. The molecule has 0 bridgehead atoms. The molecule has 12 heteroatoms. The summed E-state index contributed by atoms with van der Waals surface area (Å²) in [6, 6.07) is 3.99. The normalized spacial score (nSPS) is 18.6. The van der Waals surface area contributed by atoms with Crippen LogP contribution in [0, 0.1) is 25.6 Å². The van der Waals surface area contributed by atoms with E-state index in [1.54, 1.807) is 17.9 Å². The van der Waals surface area contributed by atoms with E-state index in [4.69, 9.17) is 14.5 Å². The summed E-state index contributed by atoms with van der Waals surface area (Å²) in [7, 11) is -1.34. The lowest BCUT2D eigenvalue weighted by Crippen LogP contribution is -2.53. The van der Waals surface area contributed by atoms with E-state index in [0.717, 1.165) is 18.9 Å². The summed E-state index contributed by atoms with van der Waals surface area (Å²) >= 11 is 0. The van der Waals surface area contributed by atoms with Crippen molar-refractivity contribution in [1.29, 1.82) is 0 Å². The van der Waals surface area contributed by atoms with E-state index < -0.39 is 19.7 Å². The number of hydrogen-bond acceptors (Lipinski definition) is 6. The van der Waals surface area contributed by atoms with E-state index in [0.29, 0.717) is 89.7 Å². The first-order chi connectivity index (χ1) is 22.5. The van der Waals surface area contributed by atoms with Crippen molar-refractivity contribution >= 4 is 31.1 Å². The van der Waals surface area contributed by atoms with Gasteiger partial charge in [-0.3, -0.25) is 4.79 Å². The number of carbonyl (C=O) groups is 2. The molecule has 2 aliphatic rings. The Hall–Kier alpha value is -3.51. The molecule has 2 aromatic heterocycles. The van der Waals surface area contributed by atoms with Crippen molar-refractivity contribution in [2.24, 2.45) is 5.92 Å². The van der Waals surface area contributed by atoms with Gasteiger partial charge in [0.15, 0.2) is 0 Å². The summed E-state index contributed by atoms with van der Waals surface area (Å²) in [5.41, 5.74) is 3.46. The molecule has 10 nitrogen and oxygen atoms in total. The van der Waals surface area contributed by atoms with Gasteiger partial charge >= 0.3 is 6.09 Å². The molecule has 2 heterocycles. The summed E-state index contributed by atoms with van der Waals surface area (Å²) in [5.74, 6) is 0.311. The molecule has 3 aromatic rings. The smallest absolute Gasteiger partial charge is 0.407 e. The Kier molecular flexibility index (Phi) is 10.5. The number of hydrogen-bond donors (Lipinski definition) is 2. The average molecular weight is 682 g/mol. The van der Waals surface area contributed by atoms with Crippen LogP contribution >= 0.6 is 0 Å². The molecule has 2 N–H and O–H groups in total. The highest BCUT2D eigenvalue weighted by Crippen LogP contribution is 2.39. The Morgan fingerprint density at radius 2 is 1.77 bits per heavy atom. The minimum absolute atomic E-state index is 0.0985. The van der Waals surface area contributed by atoms with E-state index in [1.165, 1.54) is 12.4 Å². The molecule has 2 saturated carbocycles. The molecule has 2 fully saturated rings. The third-order valence-electron chi connectivity index (χ3n) is 9.55. The van der Waals surface area contributed by atoms with Crippen molar-refractivity contribution in [2.45, 2.75) is 123 Å². The van der Waals surface area contributed by atoms with Crippen LogP contribution in [0.3, 0.4) is 0 Å². The van der Waals surface area contributed by atoms with Gasteiger partial charge in [-0.1, -0.05) is 19.6 Å². The molecule has 0 unspecified atom stereocenters. The van der Waals surface area contributed by atoms with Crippen LogP contribution in [0.5, 0.6) is 5.75 Å². The molecule has 262 valence electrons. The maximum absolute atomic E-state index is 14.9. The van der Waals surface area contributed by atoms with E-state index >= 15 is 0 Å². The second kappa shape index (κ2) is 14.1. The van der Waals surface area contributed by atoms with Crippen LogP contribution in [-0.4, -0.2) is 75.5 Å². The van der Waals surface area contributed by atoms with Crippen LogP contribution in [0.1, 0.15) is 80.9 Å². The van der Waals surface area contributed by atoms with Gasteiger partial charge in [-0.25, -0.2) is 19.2 Å². The number of halogens is 1. The highest BCUT2D eigenvalue weighted by atomic mass is 28.3. The lowest BCUT2D eigenvalue weighted by atomic mass is 9.88. The Morgan fingerprint density at radius 3 is 2.38 bits per heavy atom. The minimum Gasteiger partial charge on any atom is -0.492 e. The number of fused-ring (bicyclic) bond motifs is 1. The molecule has 2 amide bonds. The van der Waals surface area contributed by atoms with Crippen LogP contribution in [0.15, 0.2) is 18.5 Å². The quantitative estimate of drug-likeness (QED) is 0.148. The summed E-state index contributed by atoms with van der Waals surface area (Å²) in [6.07, 6.45) is 5.42. The van der Waals surface area contributed by atoms with E-state index in [1.807, 2.05) is 32.3 Å². The van der Waals surface area contributed by atoms with Crippen LogP contribution in [0.25, 0.3) is 22.3 Å². The lowest BCUT2D eigenvalue weighted by Gasteiger charge is -2.42. The number of aryl methyl sites for hydroxylation is 1. The Balaban J connectivity index is 1.48. The van der Waals surface area contributed by atoms with Gasteiger partial charge in [-0.2, -0.15) is 0 Å². The fourth-order valence-corrected chi connectivity index (χ4v) is 7.40. The second-order valence-electron chi connectivity index (χ2n) is 15.8. The Morgan fingerprint density at radius 1 is 1.08 bits per heavy atom. The molecule has 5 rings (SSSR count). The van der Waals surface area contributed by atoms with Gasteiger partial charge in [0, 0.05) is 49.6 Å². The van der Waals surface area contributed by atoms with Crippen molar-refractivity contribution in [3.63, 3.8) is 0 Å². The zero-order chi connectivity index (χ0) is 35.0. The minimum atomic E-state index is -1.34. The monoisotopic (exact) mass is 681 g/mol. The van der Waals surface area contributed by atoms with Gasteiger partial charge < -0.3 is 29.4 Å². The Bertz CT molecular complexity index is 1650. The molecule has 1 aromatic carbocycles. The molecule has 0 saturated heterocycles. The number of nitrogens with one attached hydrogen (secondary N) is 1. The molecule has 48 heavy (non-hydrogen) atoms. The number of benzene rings is 1. The SMILES string of the molecule is Cc1cc(-c2ncnc3c(C(=O)N[C@H]4CC[C@H](N(C(=O)O)C(C)(C)C)CC4)c(C)n(COCC[Si](C)(C)C)c23)c(OCC2CC2)cc1F. The molecular formula is C36H52FN5O5Si. The number of amides is 2. The molecule has 2 aliphatic carbocycles.